The first-order chi connectivity index (χ1) is 26.0. The Hall–Kier alpha value is -5.91. The number of hydrogen-bond acceptors (Lipinski definition) is 21. The third-order valence-corrected chi connectivity index (χ3v) is 7.05. The van der Waals surface area contributed by atoms with E-state index in [1.165, 1.54) is 32.7 Å². The minimum Gasteiger partial charge on any atom is -0.394 e. The smallest absolute Gasteiger partial charge is 0.280 e. The largest absolute Gasteiger partial charge is 0.394 e. The van der Waals surface area contributed by atoms with Crippen LogP contribution < -0.4 is 33.9 Å². The summed E-state index contributed by atoms with van der Waals surface area (Å²) in [5.41, 5.74) is 16.3. The van der Waals surface area contributed by atoms with Gasteiger partial charge in [0.25, 0.3) is 16.7 Å². The molecule has 27 nitrogen and oxygen atoms in total. The fourth-order valence-electron chi connectivity index (χ4n) is 4.24. The lowest BCUT2D eigenvalue weighted by atomic mass is 10.4. The van der Waals surface area contributed by atoms with Gasteiger partial charge >= 0.3 is 0 Å². The molecule has 0 aliphatic rings. The summed E-state index contributed by atoms with van der Waals surface area (Å²) in [6.07, 6.45) is 2.04. The average molecular weight is 766 g/mol. The van der Waals surface area contributed by atoms with Crippen LogP contribution in [0.25, 0.3) is 33.5 Å². The fourth-order valence-corrected chi connectivity index (χ4v) is 4.24. The number of nitrogens with zero attached hydrogens (tertiary/aromatic N) is 9. The molecule has 54 heavy (non-hydrogen) atoms. The minimum absolute atomic E-state index is 0.00181. The highest BCUT2D eigenvalue weighted by atomic mass is 16.5. The summed E-state index contributed by atoms with van der Waals surface area (Å²) >= 11 is 0. The van der Waals surface area contributed by atoms with Crippen molar-refractivity contribution in [2.45, 2.75) is 38.5 Å². The molecule has 6 heterocycles. The molecule has 27 heteroatoms. The lowest BCUT2D eigenvalue weighted by Crippen LogP contribution is -2.23. The second kappa shape index (κ2) is 19.2. The van der Waals surface area contributed by atoms with E-state index in [9.17, 15) is 14.4 Å². The number of imidazole rings is 3. The number of nitrogen functional groups attached to an aromatic ring is 3. The van der Waals surface area contributed by atoms with Crippen LogP contribution in [0.4, 0.5) is 17.8 Å². The molecule has 0 radical (unpaired) electrons. The molecule has 0 aromatic carbocycles. The van der Waals surface area contributed by atoms with Crippen LogP contribution in [0.1, 0.15) is 0 Å². The summed E-state index contributed by atoms with van der Waals surface area (Å²) < 4.78 is 20.0. The Morgan fingerprint density at radius 1 is 0.500 bits per heavy atom. The highest BCUT2D eigenvalue weighted by molar-refractivity contribution is 5.71. The molecule has 0 bridgehead atoms. The first-order valence-corrected chi connectivity index (χ1v) is 15.6. The van der Waals surface area contributed by atoms with E-state index in [4.69, 9.17) is 62.1 Å². The number of H-pyrrole nitrogens is 3. The molecule has 0 aliphatic carbocycles. The molecule has 0 atom stereocenters. The van der Waals surface area contributed by atoms with Gasteiger partial charge in [0.2, 0.25) is 17.8 Å². The first kappa shape index (κ1) is 40.9. The van der Waals surface area contributed by atoms with Crippen LogP contribution in [0.5, 0.6) is 0 Å². The maximum Gasteiger partial charge on any atom is 0.280 e. The van der Waals surface area contributed by atoms with Crippen LogP contribution in [0.3, 0.4) is 0 Å². The van der Waals surface area contributed by atoms with Crippen LogP contribution in [0.15, 0.2) is 33.4 Å². The van der Waals surface area contributed by atoms with Gasteiger partial charge in [0.05, 0.1) is 58.6 Å². The van der Waals surface area contributed by atoms with E-state index in [2.05, 4.69) is 44.9 Å². The summed E-state index contributed by atoms with van der Waals surface area (Å²) in [4.78, 5) is 64.9. The number of aliphatic hydroxyl groups is 6. The van der Waals surface area contributed by atoms with Crippen LogP contribution in [-0.4, -0.2) is 147 Å². The van der Waals surface area contributed by atoms with Gasteiger partial charge in [0, 0.05) is 0 Å². The number of nitrogens with two attached hydrogens (primary N) is 3. The van der Waals surface area contributed by atoms with Crippen LogP contribution in [0.2, 0.25) is 0 Å². The van der Waals surface area contributed by atoms with Gasteiger partial charge in [-0.15, -0.1) is 0 Å². The van der Waals surface area contributed by atoms with Crippen molar-refractivity contribution in [3.05, 3.63) is 50.0 Å². The zero-order chi connectivity index (χ0) is 39.4. The molecule has 6 aromatic rings. The van der Waals surface area contributed by atoms with Gasteiger partial charge in [-0.25, -0.2) is 15.0 Å². The molecule has 294 valence electrons. The maximum absolute atomic E-state index is 11.5. The molecule has 0 saturated heterocycles. The van der Waals surface area contributed by atoms with Gasteiger partial charge in [-0.3, -0.25) is 43.0 Å². The standard InChI is InChI=1S/3C9H13N5O4/c3*10-9-12-7-6(8(17)13-9)11-3-14(7)4-18-5(1-15)2-16/h3*3,5,15-16H,1-2,4H2,(H3,10,12,13,17). The van der Waals surface area contributed by atoms with E-state index in [1.807, 2.05) is 0 Å². The summed E-state index contributed by atoms with van der Waals surface area (Å²) in [6, 6.07) is 0. The van der Waals surface area contributed by atoms with Crippen molar-refractivity contribution in [1.82, 2.24) is 58.6 Å². The second-order valence-corrected chi connectivity index (χ2v) is 10.9. The number of nitrogens with one attached hydrogen (secondary N) is 3. The van der Waals surface area contributed by atoms with E-state index >= 15 is 0 Å². The number of hydrogen-bond donors (Lipinski definition) is 12. The Morgan fingerprint density at radius 3 is 0.963 bits per heavy atom. The molecule has 0 fully saturated rings. The summed E-state index contributed by atoms with van der Waals surface area (Å²) in [5.74, 6) is -0.0552. The van der Waals surface area contributed by atoms with E-state index in [-0.39, 0.29) is 111 Å². The molecule has 0 amide bonds. The lowest BCUT2D eigenvalue weighted by Gasteiger charge is -2.12. The Balaban J connectivity index is 0.000000180. The van der Waals surface area contributed by atoms with Crippen LogP contribution >= 0.6 is 0 Å². The van der Waals surface area contributed by atoms with Crippen LogP contribution in [-0.2, 0) is 34.4 Å². The number of rotatable bonds is 15. The van der Waals surface area contributed by atoms with Crippen molar-refractivity contribution < 1.29 is 44.8 Å². The monoisotopic (exact) mass is 765 g/mol. The van der Waals surface area contributed by atoms with Crippen molar-refractivity contribution >= 4 is 51.3 Å². The lowest BCUT2D eigenvalue weighted by molar-refractivity contribution is -0.0488. The molecule has 0 spiro atoms. The van der Waals surface area contributed by atoms with Gasteiger partial charge in [0.1, 0.15) is 38.5 Å². The number of anilines is 3. The Bertz CT molecular complexity index is 2020. The third kappa shape index (κ3) is 10.1. The Morgan fingerprint density at radius 2 is 0.741 bits per heavy atom. The first-order valence-electron chi connectivity index (χ1n) is 15.6. The zero-order valence-corrected chi connectivity index (χ0v) is 28.2. The third-order valence-electron chi connectivity index (χ3n) is 7.05. The predicted molar refractivity (Wildman–Crippen MR) is 185 cm³/mol. The molecule has 0 aliphatic heterocycles. The Labute approximate surface area is 300 Å². The highest BCUT2D eigenvalue weighted by Gasteiger charge is 2.14. The maximum atomic E-state index is 11.5. The SMILES string of the molecule is Nc1nc2c(ncn2COC(CO)CO)c(=O)[nH]1.Nc1nc2c(ncn2COC(CO)CO)c(=O)[nH]1.Nc1nc2c(ncn2COC(CO)CO)c(=O)[nH]1. The van der Waals surface area contributed by atoms with Gasteiger partial charge in [-0.1, -0.05) is 0 Å². The summed E-state index contributed by atoms with van der Waals surface area (Å²) in [5, 5.41) is 53.1. The second-order valence-electron chi connectivity index (χ2n) is 10.9. The fraction of sp³-hybridized carbons (Fsp3) is 0.444. The van der Waals surface area contributed by atoms with Gasteiger partial charge < -0.3 is 62.1 Å². The molecule has 6 rings (SSSR count). The zero-order valence-electron chi connectivity index (χ0n) is 28.2. The van der Waals surface area contributed by atoms with Crippen molar-refractivity contribution in [3.63, 3.8) is 0 Å². The molecular weight excluding hydrogens is 726 g/mol. The van der Waals surface area contributed by atoms with E-state index < -0.39 is 35.0 Å². The number of aliphatic hydroxyl groups excluding tert-OH is 6. The number of fused-ring (bicyclic) bond motifs is 3. The summed E-state index contributed by atoms with van der Waals surface area (Å²) in [7, 11) is 0. The minimum atomic E-state index is -0.693. The molecule has 0 unspecified atom stereocenters. The van der Waals surface area contributed by atoms with Gasteiger partial charge in [-0.05, 0) is 0 Å². The van der Waals surface area contributed by atoms with Crippen molar-refractivity contribution in [3.8, 4) is 0 Å². The number of ether oxygens (including phenoxy) is 3. The van der Waals surface area contributed by atoms with Crippen molar-refractivity contribution in [2.75, 3.05) is 56.8 Å². The molecule has 15 N–H and O–H groups in total. The van der Waals surface area contributed by atoms with Gasteiger partial charge in [0.15, 0.2) is 33.5 Å². The van der Waals surface area contributed by atoms with E-state index in [0.29, 0.717) is 0 Å². The predicted octanol–water partition coefficient (Wildman–Crippen LogP) is -5.91. The number of aromatic nitrogens is 12. The van der Waals surface area contributed by atoms with Gasteiger partial charge in [-0.2, -0.15) is 15.0 Å². The number of aromatic amines is 3. The Kier molecular flexibility index (Phi) is 14.6. The topological polar surface area (TPSA) is 418 Å². The van der Waals surface area contributed by atoms with Crippen molar-refractivity contribution in [1.29, 1.82) is 0 Å². The van der Waals surface area contributed by atoms with E-state index in [0.717, 1.165) is 0 Å². The quantitative estimate of drug-likeness (QED) is 0.0463. The summed E-state index contributed by atoms with van der Waals surface area (Å²) in [6.45, 7) is -1.84. The average Bonchev–Trinajstić information content (AvgIpc) is 3.88. The van der Waals surface area contributed by atoms with Crippen molar-refractivity contribution in [2.24, 2.45) is 0 Å². The van der Waals surface area contributed by atoms with E-state index in [1.54, 1.807) is 0 Å². The highest BCUT2D eigenvalue weighted by Crippen LogP contribution is 2.09. The normalized spacial score (nSPS) is 11.5. The molecule has 0 saturated carbocycles. The molecular formula is C27H39N15O12. The molecule has 6 aromatic heterocycles. The van der Waals surface area contributed by atoms with Crippen LogP contribution in [0, 0.1) is 0 Å².